The smallest absolute Gasteiger partial charge is 0.381 e. The summed E-state index contributed by atoms with van der Waals surface area (Å²) >= 11 is 0. The van der Waals surface area contributed by atoms with Gasteiger partial charge in [-0.3, -0.25) is 0 Å². The predicted octanol–water partition coefficient (Wildman–Crippen LogP) is 13.7. The van der Waals surface area contributed by atoms with E-state index in [1.807, 2.05) is 26.0 Å². The van der Waals surface area contributed by atoms with E-state index >= 15 is 0 Å². The molecule has 0 unspecified atom stereocenters. The molecule has 0 aliphatic rings. The zero-order valence-electron chi connectivity index (χ0n) is 43.6. The third-order valence-corrected chi connectivity index (χ3v) is 14.8. The molecule has 6 aromatic carbocycles. The third kappa shape index (κ3) is 8.10. The van der Waals surface area contributed by atoms with E-state index in [1.54, 1.807) is 28.4 Å². The number of nitrogens with zero attached hydrogens (tertiary/aromatic N) is 3. The number of phenols is 1. The first kappa shape index (κ1) is 47.4. The van der Waals surface area contributed by atoms with Crippen molar-refractivity contribution in [3.63, 3.8) is 0 Å². The predicted molar refractivity (Wildman–Crippen MR) is 294 cm³/mol. The Morgan fingerprint density at radius 2 is 0.819 bits per heavy atom. The normalized spacial score (nSPS) is 11.5. The van der Waals surface area contributed by atoms with E-state index in [2.05, 4.69) is 184 Å². The molecule has 0 saturated carbocycles. The van der Waals surface area contributed by atoms with Crippen LogP contribution in [0.1, 0.15) is 50.2 Å². The van der Waals surface area contributed by atoms with Crippen molar-refractivity contribution in [1.29, 1.82) is 0 Å². The maximum absolute atomic E-state index is 10.1. The number of rotatable bonds is 4. The van der Waals surface area contributed by atoms with Crippen molar-refractivity contribution >= 4 is 81.2 Å². The number of hydrogen-bond donors (Lipinski definition) is 1. The Balaban J connectivity index is 0.000000124. The van der Waals surface area contributed by atoms with Gasteiger partial charge in [0.1, 0.15) is 23.0 Å². The Hall–Kier alpha value is -8.23. The highest BCUT2D eigenvalue weighted by molar-refractivity contribution is 6.02. The van der Waals surface area contributed by atoms with Crippen LogP contribution in [-0.4, -0.2) is 33.5 Å². The summed E-state index contributed by atoms with van der Waals surface area (Å²) in [4.78, 5) is 0. The largest absolute Gasteiger partial charge is 0.508 e. The monoisotopic (exact) mass is 952 g/mol. The molecule has 72 heavy (non-hydrogen) atoms. The molecule has 6 aromatic heterocycles. The van der Waals surface area contributed by atoms with E-state index in [0.29, 0.717) is 5.75 Å². The van der Waals surface area contributed by atoms with Crippen LogP contribution in [0.5, 0.6) is 28.9 Å². The van der Waals surface area contributed by atoms with E-state index in [1.165, 1.54) is 71.3 Å². The molecule has 0 saturated heterocycles. The number of ether oxygens (including phenoxy) is 4. The Morgan fingerprint density at radius 1 is 0.347 bits per heavy atom. The zero-order chi connectivity index (χ0) is 50.9. The van der Waals surface area contributed by atoms with Crippen molar-refractivity contribution in [3.05, 3.63) is 184 Å². The first-order valence-corrected chi connectivity index (χ1v) is 24.4. The summed E-state index contributed by atoms with van der Waals surface area (Å²) in [5.41, 5.74) is 14.2. The number of hydrogen-bond acceptors (Lipinski definition) is 5. The minimum absolute atomic E-state index is 0.326. The summed E-state index contributed by atoms with van der Waals surface area (Å²) in [5, 5.41) is 24.2. The zero-order valence-corrected chi connectivity index (χ0v) is 43.6. The first-order valence-electron chi connectivity index (χ1n) is 24.4. The Morgan fingerprint density at radius 3 is 1.40 bits per heavy atom. The molecule has 12 rings (SSSR count). The van der Waals surface area contributed by atoms with Crippen LogP contribution in [0.15, 0.2) is 134 Å². The van der Waals surface area contributed by atoms with Crippen LogP contribution in [-0.2, 0) is 0 Å². The minimum Gasteiger partial charge on any atom is -0.508 e. The lowest BCUT2D eigenvalue weighted by molar-refractivity contribution is -0.518. The molecule has 6 heterocycles. The molecule has 1 N–H and O–H groups in total. The van der Waals surface area contributed by atoms with Crippen LogP contribution in [0.3, 0.4) is 0 Å². The van der Waals surface area contributed by atoms with Crippen LogP contribution in [0.4, 0.5) is 0 Å². The molecule has 0 fully saturated rings. The van der Waals surface area contributed by atoms with Gasteiger partial charge >= 0.3 is 5.88 Å². The standard InChI is InChI=1S/C22H22NO2.C22H22NO.C20H17NO2/c1-13-8-17-11-20-18-12-21(24-4)15(3)9-16(18)6-7-23(20)22(25-5)19(17)10-14(13)2;1-13-8-18-11-21-20-12-22(24-5)15(3)9-17(20)6-7-23(21)16(4)19(18)10-14(13)2;1-12-4-5-14-9-18-16-10-19(22)13(2)8-15(16)6-7-21(18)11-17(14)20(12)23-3/h6-12H,1-5H3;6-12H,1-5H3;4-11H,1-3H3/q2*+1;/p+1. The van der Waals surface area contributed by atoms with Crippen molar-refractivity contribution in [2.75, 3.05) is 28.4 Å². The number of aromatic hydroxyl groups is 1. The summed E-state index contributed by atoms with van der Waals surface area (Å²) in [6.45, 7) is 19.0. The molecule has 0 aliphatic carbocycles. The van der Waals surface area contributed by atoms with Gasteiger partial charge in [-0.2, -0.15) is 8.80 Å². The van der Waals surface area contributed by atoms with Crippen LogP contribution in [0, 0.1) is 62.3 Å². The highest BCUT2D eigenvalue weighted by Crippen LogP contribution is 2.35. The second-order valence-corrected chi connectivity index (χ2v) is 19.4. The van der Waals surface area contributed by atoms with Crippen LogP contribution < -0.4 is 32.1 Å². The van der Waals surface area contributed by atoms with E-state index < -0.39 is 0 Å². The average Bonchev–Trinajstić information content (AvgIpc) is 3.36. The van der Waals surface area contributed by atoms with Crippen molar-refractivity contribution < 1.29 is 37.3 Å². The Labute approximate surface area is 420 Å². The fourth-order valence-electron chi connectivity index (χ4n) is 10.5. The molecule has 0 aliphatic heterocycles. The molecular weight excluding hydrogens is 891 g/mol. The highest BCUT2D eigenvalue weighted by atomic mass is 16.5. The van der Waals surface area contributed by atoms with E-state index in [-0.39, 0.29) is 0 Å². The SMILES string of the molecule is COc1c(C)ccc2cc3c4cc(O)c(C)cc4cc[n+]3cc12.COc1cc2c(cc[n+]3c(C)c4cc(C)c(C)cc4cc23)cc1C.COc1cc2c(cc[n+]3c(OC)c4cc(C)c(C)cc4cc23)cc1C. The lowest BCUT2D eigenvalue weighted by Gasteiger charge is -2.10. The van der Waals surface area contributed by atoms with Crippen molar-refractivity contribution in [3.8, 4) is 28.9 Å². The number of aryl methyl sites for hydroxylation is 9. The molecule has 0 bridgehead atoms. The maximum Gasteiger partial charge on any atom is 0.381 e. The van der Waals surface area contributed by atoms with Gasteiger partial charge in [0.15, 0.2) is 30.5 Å². The second-order valence-electron chi connectivity index (χ2n) is 19.4. The van der Waals surface area contributed by atoms with Crippen molar-refractivity contribution in [1.82, 2.24) is 0 Å². The summed E-state index contributed by atoms with van der Waals surface area (Å²) in [5.74, 6) is 3.93. The molecular formula is C64H62N3O5+3. The van der Waals surface area contributed by atoms with Gasteiger partial charge in [0.05, 0.1) is 55.4 Å². The number of pyridine rings is 6. The van der Waals surface area contributed by atoms with E-state index in [4.69, 9.17) is 18.9 Å². The molecule has 0 spiro atoms. The van der Waals surface area contributed by atoms with E-state index in [0.717, 1.165) is 83.2 Å². The van der Waals surface area contributed by atoms with Gasteiger partial charge in [-0.25, -0.2) is 0 Å². The molecule has 0 radical (unpaired) electrons. The quantitative estimate of drug-likeness (QED) is 0.108. The molecule has 360 valence electrons. The van der Waals surface area contributed by atoms with Crippen molar-refractivity contribution in [2.45, 2.75) is 62.3 Å². The average molecular weight is 953 g/mol. The summed E-state index contributed by atoms with van der Waals surface area (Å²) in [7, 11) is 6.89. The number of fused-ring (bicyclic) bond motifs is 12. The van der Waals surface area contributed by atoms with Crippen LogP contribution >= 0.6 is 0 Å². The van der Waals surface area contributed by atoms with Gasteiger partial charge in [-0.05, 0) is 181 Å². The van der Waals surface area contributed by atoms with Crippen LogP contribution in [0.25, 0.3) is 81.2 Å². The lowest BCUT2D eigenvalue weighted by Crippen LogP contribution is -2.25. The number of benzene rings is 6. The van der Waals surface area contributed by atoms with Gasteiger partial charge in [0.25, 0.3) is 0 Å². The molecule has 8 nitrogen and oxygen atoms in total. The fraction of sp³-hybridized carbons (Fsp3) is 0.203. The van der Waals surface area contributed by atoms with Crippen LogP contribution in [0.2, 0.25) is 0 Å². The fourth-order valence-corrected chi connectivity index (χ4v) is 10.5. The van der Waals surface area contributed by atoms with Gasteiger partial charge < -0.3 is 24.1 Å². The van der Waals surface area contributed by atoms with Gasteiger partial charge in [-0.15, -0.1) is 4.40 Å². The maximum atomic E-state index is 10.1. The molecule has 8 heteroatoms. The number of aromatic nitrogens is 3. The Bertz CT molecular complexity index is 4220. The van der Waals surface area contributed by atoms with Crippen molar-refractivity contribution in [2.24, 2.45) is 0 Å². The minimum atomic E-state index is 0.326. The summed E-state index contributed by atoms with van der Waals surface area (Å²) < 4.78 is 28.9. The molecule has 0 atom stereocenters. The highest BCUT2D eigenvalue weighted by Gasteiger charge is 2.22. The lowest BCUT2D eigenvalue weighted by atomic mass is 9.99. The van der Waals surface area contributed by atoms with Gasteiger partial charge in [-0.1, -0.05) is 24.3 Å². The van der Waals surface area contributed by atoms with E-state index in [9.17, 15) is 5.11 Å². The van der Waals surface area contributed by atoms with Gasteiger partial charge in [0.2, 0.25) is 16.6 Å². The Kier molecular flexibility index (Phi) is 12.2. The topological polar surface area (TPSA) is 69.5 Å². The second kappa shape index (κ2) is 18.5. The number of phenolic OH excluding ortho intramolecular Hbond substituents is 1. The van der Waals surface area contributed by atoms with Gasteiger partial charge in [0, 0.05) is 48.7 Å². The first-order chi connectivity index (χ1) is 34.6. The molecule has 12 aromatic rings. The number of methoxy groups -OCH3 is 4. The third-order valence-electron chi connectivity index (χ3n) is 14.8. The summed E-state index contributed by atoms with van der Waals surface area (Å²) in [6, 6.07) is 38.8. The molecule has 0 amide bonds. The summed E-state index contributed by atoms with van der Waals surface area (Å²) in [6.07, 6.45) is 8.40.